The Kier molecular flexibility index (Phi) is 4.69. The predicted molar refractivity (Wildman–Crippen MR) is 89.7 cm³/mol. The molecule has 1 amide bonds. The van der Waals surface area contributed by atoms with Crippen molar-refractivity contribution in [1.82, 2.24) is 15.1 Å². The molecule has 3 rings (SSSR count). The molecule has 0 aliphatic rings. The Morgan fingerprint density at radius 1 is 1.21 bits per heavy atom. The molecule has 6 nitrogen and oxygen atoms in total. The predicted octanol–water partition coefficient (Wildman–Crippen LogP) is 3.06. The van der Waals surface area contributed by atoms with Crippen molar-refractivity contribution in [2.75, 3.05) is 0 Å². The highest BCUT2D eigenvalue weighted by atomic mass is 35.5. The van der Waals surface area contributed by atoms with Crippen LogP contribution in [-0.4, -0.2) is 15.7 Å². The van der Waals surface area contributed by atoms with Crippen LogP contribution in [0, 0.1) is 0 Å². The fraction of sp³-hybridized carbons (Fsp3) is 0.0625. The molecule has 0 spiro atoms. The molecule has 2 aromatic heterocycles. The van der Waals surface area contributed by atoms with Crippen molar-refractivity contribution in [3.05, 3.63) is 80.6 Å². The lowest BCUT2D eigenvalue weighted by Crippen LogP contribution is -2.23. The fourth-order valence-electron chi connectivity index (χ4n) is 2.03. The number of hydrogen-bond donors (Lipinski definition) is 1. The Morgan fingerprint density at radius 3 is 2.62 bits per heavy atom. The van der Waals surface area contributed by atoms with Gasteiger partial charge in [0.05, 0.1) is 29.7 Å². The summed E-state index contributed by atoms with van der Waals surface area (Å²) in [6, 6.07) is 9.89. The Hall–Kier alpha value is -2.57. The van der Waals surface area contributed by atoms with Crippen molar-refractivity contribution in [1.29, 1.82) is 0 Å². The minimum atomic E-state index is -0.529. The quantitative estimate of drug-likeness (QED) is 0.772. The summed E-state index contributed by atoms with van der Waals surface area (Å²) in [5.74, 6) is 0.402. The maximum Gasteiger partial charge on any atom is 0.291 e. The number of hydrogen-bond acceptors (Lipinski definition) is 4. The van der Waals surface area contributed by atoms with Crippen molar-refractivity contribution in [3.63, 3.8) is 0 Å². The zero-order valence-corrected chi connectivity index (χ0v) is 13.7. The first-order valence-electron chi connectivity index (χ1n) is 6.90. The largest absolute Gasteiger partial charge is 0.467 e. The lowest BCUT2D eigenvalue weighted by atomic mass is 10.2. The van der Waals surface area contributed by atoms with Crippen LogP contribution in [0.5, 0.6) is 0 Å². The molecule has 1 aromatic carbocycles. The lowest BCUT2D eigenvalue weighted by molar-refractivity contribution is 0.0948. The minimum Gasteiger partial charge on any atom is -0.467 e. The van der Waals surface area contributed by atoms with Gasteiger partial charge in [0, 0.05) is 5.56 Å². The van der Waals surface area contributed by atoms with Crippen molar-refractivity contribution in [2.24, 2.45) is 0 Å². The van der Waals surface area contributed by atoms with Crippen molar-refractivity contribution in [3.8, 4) is 5.69 Å². The Labute approximate surface area is 146 Å². The number of furan rings is 1. The van der Waals surface area contributed by atoms with Gasteiger partial charge in [0.25, 0.3) is 11.5 Å². The van der Waals surface area contributed by atoms with E-state index in [2.05, 4.69) is 10.4 Å². The van der Waals surface area contributed by atoms with Gasteiger partial charge >= 0.3 is 0 Å². The highest BCUT2D eigenvalue weighted by molar-refractivity contribution is 6.41. The fourth-order valence-corrected chi connectivity index (χ4v) is 2.29. The topological polar surface area (TPSA) is 77.1 Å². The molecule has 0 aliphatic carbocycles. The normalized spacial score (nSPS) is 10.6. The van der Waals surface area contributed by atoms with Crippen LogP contribution in [0.4, 0.5) is 0 Å². The van der Waals surface area contributed by atoms with Crippen LogP contribution in [-0.2, 0) is 6.54 Å². The van der Waals surface area contributed by atoms with E-state index in [1.807, 2.05) is 0 Å². The summed E-state index contributed by atoms with van der Waals surface area (Å²) in [4.78, 5) is 24.1. The molecule has 0 fully saturated rings. The van der Waals surface area contributed by atoms with Gasteiger partial charge in [-0.15, -0.1) is 0 Å². The summed E-state index contributed by atoms with van der Waals surface area (Å²) in [7, 11) is 0. The Morgan fingerprint density at radius 2 is 1.96 bits per heavy atom. The van der Waals surface area contributed by atoms with Crippen LogP contribution in [0.25, 0.3) is 5.69 Å². The van der Waals surface area contributed by atoms with Crippen LogP contribution in [0.15, 0.2) is 58.1 Å². The van der Waals surface area contributed by atoms with E-state index in [0.29, 0.717) is 23.6 Å². The number of amides is 1. The molecular weight excluding hydrogens is 353 g/mol. The summed E-state index contributed by atoms with van der Waals surface area (Å²) in [6.07, 6.45) is 2.83. The second-order valence-corrected chi connectivity index (χ2v) is 5.62. The van der Waals surface area contributed by atoms with E-state index < -0.39 is 5.56 Å². The van der Waals surface area contributed by atoms with Gasteiger partial charge in [-0.3, -0.25) is 9.59 Å². The third kappa shape index (κ3) is 3.34. The molecule has 0 aliphatic heterocycles. The molecule has 0 saturated carbocycles. The van der Waals surface area contributed by atoms with Gasteiger partial charge in [-0.05, 0) is 36.4 Å². The molecule has 0 radical (unpaired) electrons. The third-order valence-corrected chi connectivity index (χ3v) is 4.00. The van der Waals surface area contributed by atoms with Gasteiger partial charge < -0.3 is 9.73 Å². The van der Waals surface area contributed by atoms with E-state index in [4.69, 9.17) is 27.6 Å². The van der Waals surface area contributed by atoms with Crippen molar-refractivity contribution >= 4 is 29.1 Å². The minimum absolute atomic E-state index is 0.0897. The molecule has 0 saturated heterocycles. The summed E-state index contributed by atoms with van der Waals surface area (Å²) < 4.78 is 6.26. The molecule has 1 N–H and O–H groups in total. The van der Waals surface area contributed by atoms with E-state index >= 15 is 0 Å². The second kappa shape index (κ2) is 6.90. The summed E-state index contributed by atoms with van der Waals surface area (Å²) >= 11 is 11.6. The number of halogens is 2. The summed E-state index contributed by atoms with van der Waals surface area (Å²) in [6.45, 7) is 0.293. The standard InChI is InChI=1S/C16H11Cl2N3O3/c17-13-9-20-21(16(23)14(13)18)11-5-3-10(4-6-11)15(22)19-8-12-2-1-7-24-12/h1-7,9H,8H2,(H,19,22). The Bertz CT molecular complexity index is 919. The van der Waals surface area contributed by atoms with Crippen molar-refractivity contribution in [2.45, 2.75) is 6.54 Å². The van der Waals surface area contributed by atoms with E-state index in [9.17, 15) is 9.59 Å². The average molecular weight is 364 g/mol. The SMILES string of the molecule is O=C(NCc1ccco1)c1ccc(-n2ncc(Cl)c(Cl)c2=O)cc1. The smallest absolute Gasteiger partial charge is 0.291 e. The van der Waals surface area contributed by atoms with Gasteiger partial charge in [-0.1, -0.05) is 23.2 Å². The summed E-state index contributed by atoms with van der Waals surface area (Å²) in [5.41, 5.74) is 0.388. The molecule has 24 heavy (non-hydrogen) atoms. The molecular formula is C16H11Cl2N3O3. The van der Waals surface area contributed by atoms with Crippen LogP contribution < -0.4 is 10.9 Å². The van der Waals surface area contributed by atoms with Crippen LogP contribution in [0.2, 0.25) is 10.0 Å². The number of aromatic nitrogens is 2. The van der Waals surface area contributed by atoms with Gasteiger partial charge in [0.15, 0.2) is 0 Å². The first-order chi connectivity index (χ1) is 11.6. The second-order valence-electron chi connectivity index (χ2n) is 4.83. The lowest BCUT2D eigenvalue weighted by Gasteiger charge is -2.07. The highest BCUT2D eigenvalue weighted by Gasteiger charge is 2.10. The van der Waals surface area contributed by atoms with E-state index in [-0.39, 0.29) is 16.0 Å². The molecule has 122 valence electrons. The maximum atomic E-state index is 12.1. The first-order valence-corrected chi connectivity index (χ1v) is 7.66. The monoisotopic (exact) mass is 363 g/mol. The van der Waals surface area contributed by atoms with E-state index in [1.165, 1.54) is 12.5 Å². The first kappa shape index (κ1) is 16.3. The van der Waals surface area contributed by atoms with Crippen molar-refractivity contribution < 1.29 is 9.21 Å². The Balaban J connectivity index is 1.77. The van der Waals surface area contributed by atoms with Gasteiger partial charge in [0.1, 0.15) is 10.8 Å². The maximum absolute atomic E-state index is 12.1. The third-order valence-electron chi connectivity index (χ3n) is 3.25. The van der Waals surface area contributed by atoms with E-state index in [0.717, 1.165) is 4.68 Å². The number of carbonyl (C=O) groups is 1. The van der Waals surface area contributed by atoms with Crippen LogP contribution in [0.3, 0.4) is 0 Å². The zero-order valence-electron chi connectivity index (χ0n) is 12.2. The number of rotatable bonds is 4. The number of nitrogens with one attached hydrogen (secondary N) is 1. The molecule has 0 atom stereocenters. The number of nitrogens with zero attached hydrogens (tertiary/aromatic N) is 2. The molecule has 3 aromatic rings. The van der Waals surface area contributed by atoms with Crippen LogP contribution in [0.1, 0.15) is 16.1 Å². The van der Waals surface area contributed by atoms with Crippen LogP contribution >= 0.6 is 23.2 Å². The van der Waals surface area contributed by atoms with E-state index in [1.54, 1.807) is 36.4 Å². The zero-order chi connectivity index (χ0) is 17.1. The van der Waals surface area contributed by atoms with Gasteiger partial charge in [-0.25, -0.2) is 0 Å². The summed E-state index contributed by atoms with van der Waals surface area (Å²) in [5, 5.41) is 6.65. The molecule has 0 unspecified atom stereocenters. The molecule has 0 bridgehead atoms. The van der Waals surface area contributed by atoms with Gasteiger partial charge in [0.2, 0.25) is 0 Å². The molecule has 8 heteroatoms. The highest BCUT2D eigenvalue weighted by Crippen LogP contribution is 2.16. The number of benzene rings is 1. The number of carbonyl (C=O) groups excluding carboxylic acids is 1. The molecule has 2 heterocycles. The van der Waals surface area contributed by atoms with Gasteiger partial charge in [-0.2, -0.15) is 9.78 Å². The average Bonchev–Trinajstić information content (AvgIpc) is 3.11.